The summed E-state index contributed by atoms with van der Waals surface area (Å²) in [4.78, 5) is 0. The monoisotopic (exact) mass is 225 g/mol. The molecule has 2 unspecified atom stereocenters. The van der Waals surface area contributed by atoms with Crippen molar-refractivity contribution in [2.24, 2.45) is 5.41 Å². The third-order valence-corrected chi connectivity index (χ3v) is 3.60. The molecule has 1 aliphatic carbocycles. The Morgan fingerprint density at radius 2 is 2.31 bits per heavy atom. The zero-order chi connectivity index (χ0) is 11.8. The molecule has 0 saturated heterocycles. The van der Waals surface area contributed by atoms with E-state index in [4.69, 9.17) is 4.74 Å². The van der Waals surface area contributed by atoms with Crippen LogP contribution in [0.2, 0.25) is 0 Å². The SMILES string of the molecule is CNCc1nnnn1C1CC(OC)C1(C)C. The van der Waals surface area contributed by atoms with Crippen molar-refractivity contribution in [3.05, 3.63) is 5.82 Å². The number of methoxy groups -OCH3 is 1. The first-order chi connectivity index (χ1) is 7.61. The highest BCUT2D eigenvalue weighted by atomic mass is 16.5. The van der Waals surface area contributed by atoms with Crippen molar-refractivity contribution in [3.63, 3.8) is 0 Å². The molecule has 90 valence electrons. The number of nitrogens with one attached hydrogen (secondary N) is 1. The topological polar surface area (TPSA) is 64.9 Å². The Kier molecular flexibility index (Phi) is 2.94. The summed E-state index contributed by atoms with van der Waals surface area (Å²) >= 11 is 0. The largest absolute Gasteiger partial charge is 0.381 e. The smallest absolute Gasteiger partial charge is 0.165 e. The minimum atomic E-state index is 0.0899. The van der Waals surface area contributed by atoms with E-state index in [1.807, 2.05) is 11.7 Å². The fraction of sp³-hybridized carbons (Fsp3) is 0.900. The summed E-state index contributed by atoms with van der Waals surface area (Å²) in [5.74, 6) is 0.884. The molecule has 1 aromatic rings. The van der Waals surface area contributed by atoms with Gasteiger partial charge in [0.15, 0.2) is 5.82 Å². The summed E-state index contributed by atoms with van der Waals surface area (Å²) < 4.78 is 7.35. The molecule has 0 aliphatic heterocycles. The molecule has 1 aliphatic rings. The number of tetrazole rings is 1. The molecule has 6 nitrogen and oxygen atoms in total. The Balaban J connectivity index is 2.17. The summed E-state index contributed by atoms with van der Waals surface area (Å²) in [6.07, 6.45) is 1.27. The fourth-order valence-corrected chi connectivity index (χ4v) is 2.41. The Morgan fingerprint density at radius 3 is 2.88 bits per heavy atom. The average molecular weight is 225 g/mol. The first-order valence-corrected chi connectivity index (χ1v) is 5.55. The summed E-state index contributed by atoms with van der Waals surface area (Å²) in [5.41, 5.74) is 0.0899. The van der Waals surface area contributed by atoms with E-state index in [1.165, 1.54) is 0 Å². The predicted octanol–water partition coefficient (Wildman–Crippen LogP) is 0.378. The molecule has 1 aromatic heterocycles. The Labute approximate surface area is 95.4 Å². The van der Waals surface area contributed by atoms with Crippen LogP contribution in [-0.2, 0) is 11.3 Å². The normalized spacial score (nSPS) is 27.8. The maximum Gasteiger partial charge on any atom is 0.165 e. The number of ether oxygens (including phenoxy) is 1. The molecule has 0 spiro atoms. The summed E-state index contributed by atoms with van der Waals surface area (Å²) in [5, 5.41) is 14.9. The predicted molar refractivity (Wildman–Crippen MR) is 58.8 cm³/mol. The van der Waals surface area contributed by atoms with E-state index >= 15 is 0 Å². The van der Waals surface area contributed by atoms with Crippen LogP contribution < -0.4 is 5.32 Å². The van der Waals surface area contributed by atoms with E-state index in [-0.39, 0.29) is 5.41 Å². The Morgan fingerprint density at radius 1 is 1.56 bits per heavy atom. The molecule has 2 atom stereocenters. The van der Waals surface area contributed by atoms with Crippen molar-refractivity contribution in [3.8, 4) is 0 Å². The average Bonchev–Trinajstić information content (AvgIpc) is 2.66. The van der Waals surface area contributed by atoms with Gasteiger partial charge < -0.3 is 10.1 Å². The number of hydrogen-bond donors (Lipinski definition) is 1. The lowest BCUT2D eigenvalue weighted by molar-refractivity contribution is -0.117. The minimum absolute atomic E-state index is 0.0899. The van der Waals surface area contributed by atoms with Gasteiger partial charge in [0.05, 0.1) is 18.7 Å². The van der Waals surface area contributed by atoms with Gasteiger partial charge in [-0.25, -0.2) is 4.68 Å². The molecular weight excluding hydrogens is 206 g/mol. The fourth-order valence-electron chi connectivity index (χ4n) is 2.41. The second kappa shape index (κ2) is 4.10. The molecule has 1 N–H and O–H groups in total. The van der Waals surface area contributed by atoms with Crippen LogP contribution in [0.5, 0.6) is 0 Å². The molecule has 6 heteroatoms. The van der Waals surface area contributed by atoms with Gasteiger partial charge in [-0.15, -0.1) is 5.10 Å². The first-order valence-electron chi connectivity index (χ1n) is 5.55. The molecule has 16 heavy (non-hydrogen) atoms. The highest BCUT2D eigenvalue weighted by Crippen LogP contribution is 2.50. The zero-order valence-corrected chi connectivity index (χ0v) is 10.3. The van der Waals surface area contributed by atoms with Crippen LogP contribution in [0.15, 0.2) is 0 Å². The summed E-state index contributed by atoms with van der Waals surface area (Å²) in [7, 11) is 3.65. The van der Waals surface area contributed by atoms with Gasteiger partial charge in [0.2, 0.25) is 0 Å². The van der Waals surface area contributed by atoms with Gasteiger partial charge in [-0.1, -0.05) is 13.8 Å². The molecule has 0 aromatic carbocycles. The van der Waals surface area contributed by atoms with Gasteiger partial charge in [0.25, 0.3) is 0 Å². The Hall–Kier alpha value is -1.01. The number of aromatic nitrogens is 4. The molecule has 0 radical (unpaired) electrons. The highest BCUT2D eigenvalue weighted by Gasteiger charge is 2.50. The Bertz CT molecular complexity index is 362. The van der Waals surface area contributed by atoms with Crippen molar-refractivity contribution in [2.75, 3.05) is 14.2 Å². The van der Waals surface area contributed by atoms with Gasteiger partial charge >= 0.3 is 0 Å². The standard InChI is InChI=1S/C10H19N5O/c1-10(2)7(5-8(10)16-4)15-9(6-11-3)12-13-14-15/h7-8,11H,5-6H2,1-4H3. The van der Waals surface area contributed by atoms with Gasteiger partial charge in [-0.05, 0) is 23.9 Å². The quantitative estimate of drug-likeness (QED) is 0.802. The molecule has 2 rings (SSSR count). The van der Waals surface area contributed by atoms with Crippen LogP contribution in [0.25, 0.3) is 0 Å². The van der Waals surface area contributed by atoms with E-state index < -0.39 is 0 Å². The van der Waals surface area contributed by atoms with E-state index in [0.29, 0.717) is 18.7 Å². The van der Waals surface area contributed by atoms with Crippen LogP contribution in [0, 0.1) is 5.41 Å². The van der Waals surface area contributed by atoms with Crippen molar-refractivity contribution in [1.29, 1.82) is 0 Å². The molecule has 1 heterocycles. The highest BCUT2D eigenvalue weighted by molar-refractivity contribution is 5.03. The molecule has 1 fully saturated rings. The minimum Gasteiger partial charge on any atom is -0.381 e. The summed E-state index contributed by atoms with van der Waals surface area (Å²) in [6.45, 7) is 5.08. The van der Waals surface area contributed by atoms with Crippen LogP contribution >= 0.6 is 0 Å². The van der Waals surface area contributed by atoms with Crippen LogP contribution in [-0.4, -0.2) is 40.5 Å². The summed E-state index contributed by atoms with van der Waals surface area (Å²) in [6, 6.07) is 0.329. The lowest BCUT2D eigenvalue weighted by Gasteiger charge is -2.50. The van der Waals surface area contributed by atoms with Gasteiger partial charge in [0, 0.05) is 12.5 Å². The van der Waals surface area contributed by atoms with Crippen LogP contribution in [0.3, 0.4) is 0 Å². The molecule has 0 amide bonds. The number of nitrogens with zero attached hydrogens (tertiary/aromatic N) is 4. The van der Waals surface area contributed by atoms with Gasteiger partial charge in [0.1, 0.15) is 0 Å². The van der Waals surface area contributed by atoms with Crippen molar-refractivity contribution < 1.29 is 4.74 Å². The lowest BCUT2D eigenvalue weighted by Crippen LogP contribution is -2.51. The molecular formula is C10H19N5O. The second-order valence-electron chi connectivity index (χ2n) is 4.87. The van der Waals surface area contributed by atoms with Gasteiger partial charge in [-0.3, -0.25) is 0 Å². The van der Waals surface area contributed by atoms with Crippen molar-refractivity contribution >= 4 is 0 Å². The second-order valence-corrected chi connectivity index (χ2v) is 4.87. The third kappa shape index (κ3) is 1.62. The van der Waals surface area contributed by atoms with Crippen molar-refractivity contribution in [2.45, 2.75) is 39.0 Å². The lowest BCUT2D eigenvalue weighted by atomic mass is 9.64. The third-order valence-electron chi connectivity index (χ3n) is 3.60. The molecule has 1 saturated carbocycles. The number of rotatable bonds is 4. The maximum atomic E-state index is 5.43. The van der Waals surface area contributed by atoms with E-state index in [9.17, 15) is 0 Å². The zero-order valence-electron chi connectivity index (χ0n) is 10.3. The van der Waals surface area contributed by atoms with Crippen molar-refractivity contribution in [1.82, 2.24) is 25.5 Å². The number of hydrogen-bond acceptors (Lipinski definition) is 5. The van der Waals surface area contributed by atoms with E-state index in [1.54, 1.807) is 7.11 Å². The van der Waals surface area contributed by atoms with Gasteiger partial charge in [-0.2, -0.15) is 0 Å². The maximum absolute atomic E-state index is 5.43. The van der Waals surface area contributed by atoms with Crippen LogP contribution in [0.1, 0.15) is 32.1 Å². The molecule has 0 bridgehead atoms. The van der Waals surface area contributed by atoms with E-state index in [2.05, 4.69) is 34.7 Å². The van der Waals surface area contributed by atoms with Crippen LogP contribution in [0.4, 0.5) is 0 Å². The first kappa shape index (κ1) is 11.5. The van der Waals surface area contributed by atoms with E-state index in [0.717, 1.165) is 12.2 Å².